The minimum absolute atomic E-state index is 0.288. The molecule has 0 aromatic heterocycles. The molecule has 0 amide bonds. The Kier molecular flexibility index (Phi) is 3.43. The molecule has 0 aliphatic heterocycles. The van der Waals surface area contributed by atoms with Gasteiger partial charge in [0, 0.05) is 6.08 Å². The van der Waals surface area contributed by atoms with E-state index in [4.69, 9.17) is 0 Å². The van der Waals surface area contributed by atoms with Crippen LogP contribution in [-0.2, 0) is 0 Å². The second kappa shape index (κ2) is 4.26. The SMILES string of the molecule is FC(F)=Cc1c(F)c(F)c(Br)c(F)c1F. The molecule has 0 N–H and O–H groups in total. The highest BCUT2D eigenvalue weighted by molar-refractivity contribution is 9.10. The van der Waals surface area contributed by atoms with Gasteiger partial charge >= 0.3 is 0 Å². The molecule has 0 unspecified atom stereocenters. The highest BCUT2D eigenvalue weighted by Gasteiger charge is 2.23. The van der Waals surface area contributed by atoms with Crippen LogP contribution in [0.25, 0.3) is 6.08 Å². The van der Waals surface area contributed by atoms with Crippen molar-refractivity contribution in [2.24, 2.45) is 0 Å². The Morgan fingerprint density at radius 3 is 1.60 bits per heavy atom. The van der Waals surface area contributed by atoms with Crippen LogP contribution in [0.3, 0.4) is 0 Å². The van der Waals surface area contributed by atoms with Gasteiger partial charge in [0.1, 0.15) is 0 Å². The van der Waals surface area contributed by atoms with Crippen molar-refractivity contribution in [3.8, 4) is 0 Å². The minimum atomic E-state index is -2.46. The Hall–Kier alpha value is -0.980. The summed E-state index contributed by atoms with van der Waals surface area (Å²) in [5, 5.41) is 0. The van der Waals surface area contributed by atoms with Gasteiger partial charge in [-0.1, -0.05) is 0 Å². The lowest BCUT2D eigenvalue weighted by atomic mass is 10.2. The summed E-state index contributed by atoms with van der Waals surface area (Å²) >= 11 is 2.24. The van der Waals surface area contributed by atoms with Crippen molar-refractivity contribution in [1.29, 1.82) is 0 Å². The van der Waals surface area contributed by atoms with E-state index in [9.17, 15) is 26.3 Å². The van der Waals surface area contributed by atoms with Gasteiger partial charge in [-0.2, -0.15) is 8.78 Å². The average Bonchev–Trinajstić information content (AvgIpc) is 2.18. The second-order valence-electron chi connectivity index (χ2n) is 2.42. The zero-order valence-corrected chi connectivity index (χ0v) is 8.31. The molecule has 0 aliphatic carbocycles. The van der Waals surface area contributed by atoms with Gasteiger partial charge in [-0.15, -0.1) is 0 Å². The topological polar surface area (TPSA) is 0 Å². The predicted octanol–water partition coefficient (Wildman–Crippen LogP) is 4.24. The fourth-order valence-electron chi connectivity index (χ4n) is 0.858. The van der Waals surface area contributed by atoms with Crippen LogP contribution in [0.1, 0.15) is 5.56 Å². The van der Waals surface area contributed by atoms with Crippen LogP contribution in [0.4, 0.5) is 26.3 Å². The van der Waals surface area contributed by atoms with E-state index in [-0.39, 0.29) is 6.08 Å². The molecular weight excluding hydrogens is 290 g/mol. The third kappa shape index (κ3) is 2.17. The standard InChI is InChI=1S/C8HBrF6/c9-4-7(14)5(12)2(1-3(10)11)6(13)8(4)15/h1H. The number of hydrogen-bond donors (Lipinski definition) is 0. The maximum Gasteiger partial charge on any atom is 0.271 e. The molecule has 0 saturated heterocycles. The quantitative estimate of drug-likeness (QED) is 0.412. The lowest BCUT2D eigenvalue weighted by Gasteiger charge is -2.04. The van der Waals surface area contributed by atoms with E-state index in [1.807, 2.05) is 0 Å². The number of hydrogen-bond acceptors (Lipinski definition) is 0. The maximum absolute atomic E-state index is 12.9. The summed E-state index contributed by atoms with van der Waals surface area (Å²) in [7, 11) is 0. The first-order chi connectivity index (χ1) is 6.86. The van der Waals surface area contributed by atoms with Crippen molar-refractivity contribution < 1.29 is 26.3 Å². The second-order valence-corrected chi connectivity index (χ2v) is 3.21. The van der Waals surface area contributed by atoms with Gasteiger partial charge in [0.25, 0.3) is 6.08 Å². The summed E-state index contributed by atoms with van der Waals surface area (Å²) < 4.78 is 73.7. The fraction of sp³-hybridized carbons (Fsp3) is 0. The Balaban J connectivity index is 3.60. The molecule has 15 heavy (non-hydrogen) atoms. The predicted molar refractivity (Wildman–Crippen MR) is 44.2 cm³/mol. The molecule has 0 saturated carbocycles. The van der Waals surface area contributed by atoms with Crippen molar-refractivity contribution in [2.75, 3.05) is 0 Å². The summed E-state index contributed by atoms with van der Waals surface area (Å²) in [5.74, 6) is -7.29. The van der Waals surface area contributed by atoms with E-state index in [2.05, 4.69) is 15.9 Å². The largest absolute Gasteiger partial charge is 0.271 e. The van der Waals surface area contributed by atoms with E-state index in [1.54, 1.807) is 0 Å². The highest BCUT2D eigenvalue weighted by Crippen LogP contribution is 2.29. The Morgan fingerprint density at radius 1 is 0.867 bits per heavy atom. The van der Waals surface area contributed by atoms with Gasteiger partial charge in [-0.05, 0) is 15.9 Å². The van der Waals surface area contributed by atoms with Crippen molar-refractivity contribution in [3.63, 3.8) is 0 Å². The van der Waals surface area contributed by atoms with Gasteiger partial charge in [0.15, 0.2) is 23.3 Å². The lowest BCUT2D eigenvalue weighted by Crippen LogP contribution is -2.00. The third-order valence-corrected chi connectivity index (χ3v) is 2.19. The Bertz CT molecular complexity index is 406. The van der Waals surface area contributed by atoms with Crippen molar-refractivity contribution in [3.05, 3.63) is 39.4 Å². The van der Waals surface area contributed by atoms with Crippen LogP contribution in [0.5, 0.6) is 0 Å². The van der Waals surface area contributed by atoms with Gasteiger partial charge in [-0.3, -0.25) is 0 Å². The first-order valence-electron chi connectivity index (χ1n) is 3.40. The molecule has 1 aromatic carbocycles. The number of halogens is 7. The highest BCUT2D eigenvalue weighted by atomic mass is 79.9. The van der Waals surface area contributed by atoms with E-state index in [0.29, 0.717) is 0 Å². The summed E-state index contributed by atoms with van der Waals surface area (Å²) in [5.41, 5.74) is -1.45. The van der Waals surface area contributed by atoms with Crippen molar-refractivity contribution in [2.45, 2.75) is 0 Å². The van der Waals surface area contributed by atoms with Crippen LogP contribution in [0.15, 0.2) is 10.6 Å². The molecule has 0 bridgehead atoms. The molecule has 0 fully saturated rings. The fourth-order valence-corrected chi connectivity index (χ4v) is 1.21. The molecule has 0 radical (unpaired) electrons. The van der Waals surface area contributed by atoms with Gasteiger partial charge in [-0.25, -0.2) is 17.6 Å². The number of benzene rings is 1. The summed E-state index contributed by atoms with van der Waals surface area (Å²) in [4.78, 5) is 0. The van der Waals surface area contributed by atoms with Crippen LogP contribution < -0.4 is 0 Å². The maximum atomic E-state index is 12.9. The average molecular weight is 291 g/mol. The normalized spacial score (nSPS) is 10.3. The first-order valence-corrected chi connectivity index (χ1v) is 4.19. The van der Waals surface area contributed by atoms with Crippen LogP contribution >= 0.6 is 15.9 Å². The molecule has 0 atom stereocenters. The Morgan fingerprint density at radius 2 is 1.27 bits per heavy atom. The van der Waals surface area contributed by atoms with Crippen LogP contribution in [0, 0.1) is 23.3 Å². The van der Waals surface area contributed by atoms with E-state index in [0.717, 1.165) is 0 Å². The van der Waals surface area contributed by atoms with Crippen molar-refractivity contribution >= 4 is 22.0 Å². The van der Waals surface area contributed by atoms with E-state index >= 15 is 0 Å². The Labute approximate surface area is 88.3 Å². The molecule has 1 rings (SSSR count). The molecule has 1 aromatic rings. The minimum Gasteiger partial charge on any atom is -0.203 e. The third-order valence-electron chi connectivity index (χ3n) is 1.50. The molecule has 0 heterocycles. The van der Waals surface area contributed by atoms with E-state index < -0.39 is 39.4 Å². The van der Waals surface area contributed by atoms with Crippen molar-refractivity contribution in [1.82, 2.24) is 0 Å². The number of rotatable bonds is 1. The zero-order valence-electron chi connectivity index (χ0n) is 6.72. The smallest absolute Gasteiger partial charge is 0.203 e. The molecule has 0 nitrogen and oxygen atoms in total. The van der Waals surface area contributed by atoms with Gasteiger partial charge < -0.3 is 0 Å². The van der Waals surface area contributed by atoms with Crippen LogP contribution in [0.2, 0.25) is 0 Å². The first kappa shape index (κ1) is 12.1. The van der Waals surface area contributed by atoms with E-state index in [1.165, 1.54) is 0 Å². The van der Waals surface area contributed by atoms with Gasteiger partial charge in [0.05, 0.1) is 10.0 Å². The van der Waals surface area contributed by atoms with Crippen LogP contribution in [-0.4, -0.2) is 0 Å². The molecule has 0 aliphatic rings. The molecule has 0 spiro atoms. The summed E-state index contributed by atoms with van der Waals surface area (Å²) in [6.07, 6.45) is -2.75. The monoisotopic (exact) mass is 290 g/mol. The lowest BCUT2D eigenvalue weighted by molar-refractivity contribution is 0.422. The molecular formula is C8HBrF6. The zero-order chi connectivity index (χ0) is 11.7. The summed E-state index contributed by atoms with van der Waals surface area (Å²) in [6.45, 7) is 0. The molecule has 82 valence electrons. The summed E-state index contributed by atoms with van der Waals surface area (Å²) in [6, 6.07) is 0. The molecule has 7 heteroatoms. The van der Waals surface area contributed by atoms with Gasteiger partial charge in [0.2, 0.25) is 0 Å².